The molecule has 0 N–H and O–H groups in total. The molecule has 1 aromatic rings. The Labute approximate surface area is 78.8 Å². The Bertz CT molecular complexity index is 343. The molecule has 0 saturated heterocycles. The van der Waals surface area contributed by atoms with E-state index in [1.54, 1.807) is 0 Å². The molecule has 0 aliphatic heterocycles. The number of hydrogen-bond donors (Lipinski definition) is 0. The first-order valence-corrected chi connectivity index (χ1v) is 4.73. The molecule has 1 aromatic carbocycles. The zero-order valence-corrected chi connectivity index (χ0v) is 8.08. The second kappa shape index (κ2) is 2.69. The third kappa shape index (κ3) is 1.03. The van der Waals surface area contributed by atoms with E-state index in [4.69, 9.17) is 0 Å². The molecule has 0 saturated carbocycles. The highest BCUT2D eigenvalue weighted by molar-refractivity contribution is 5.71. The number of carbonyl (C=O) groups is 1. The predicted molar refractivity (Wildman–Crippen MR) is 52.7 cm³/mol. The van der Waals surface area contributed by atoms with Gasteiger partial charge in [0.2, 0.25) is 0 Å². The van der Waals surface area contributed by atoms with E-state index in [1.165, 1.54) is 11.1 Å². The number of aldehydes is 1. The van der Waals surface area contributed by atoms with E-state index >= 15 is 0 Å². The van der Waals surface area contributed by atoms with E-state index in [-0.39, 0.29) is 5.41 Å². The minimum Gasteiger partial charge on any atom is -0.302 e. The summed E-state index contributed by atoms with van der Waals surface area (Å²) in [6.45, 7) is 4.19. The normalized spacial score (nSPS) is 31.4. The standard InChI is InChI=1S/C12H14O/c1-9-7-10-5-3-4-6-11(10)12(9,2)8-13/h3-6,8-9H,7H2,1-2H3. The SMILES string of the molecule is CC1Cc2ccccc2C1(C)C=O. The van der Waals surface area contributed by atoms with Crippen LogP contribution in [0, 0.1) is 5.92 Å². The number of carbonyl (C=O) groups excluding carboxylic acids is 1. The summed E-state index contributed by atoms with van der Waals surface area (Å²) in [6, 6.07) is 8.26. The van der Waals surface area contributed by atoms with E-state index in [0.29, 0.717) is 5.92 Å². The molecule has 0 bridgehead atoms. The van der Waals surface area contributed by atoms with Crippen molar-refractivity contribution in [2.75, 3.05) is 0 Å². The van der Waals surface area contributed by atoms with Gasteiger partial charge >= 0.3 is 0 Å². The van der Waals surface area contributed by atoms with Gasteiger partial charge in [-0.1, -0.05) is 31.2 Å². The van der Waals surface area contributed by atoms with Crippen molar-refractivity contribution >= 4 is 6.29 Å². The van der Waals surface area contributed by atoms with Gasteiger partial charge in [0, 0.05) is 0 Å². The van der Waals surface area contributed by atoms with Crippen LogP contribution in [0.1, 0.15) is 25.0 Å². The lowest BCUT2D eigenvalue weighted by Gasteiger charge is -2.22. The Hall–Kier alpha value is -1.11. The highest BCUT2D eigenvalue weighted by atomic mass is 16.1. The summed E-state index contributed by atoms with van der Waals surface area (Å²) in [7, 11) is 0. The summed E-state index contributed by atoms with van der Waals surface area (Å²) in [5.41, 5.74) is 2.30. The molecule has 0 radical (unpaired) electrons. The monoisotopic (exact) mass is 174 g/mol. The van der Waals surface area contributed by atoms with E-state index in [1.807, 2.05) is 19.1 Å². The first kappa shape index (κ1) is 8.49. The minimum absolute atomic E-state index is 0.253. The van der Waals surface area contributed by atoms with Crippen LogP contribution in [-0.4, -0.2) is 6.29 Å². The van der Waals surface area contributed by atoms with Gasteiger partial charge in [0.05, 0.1) is 5.41 Å². The smallest absolute Gasteiger partial charge is 0.130 e. The zero-order valence-electron chi connectivity index (χ0n) is 8.08. The molecule has 2 unspecified atom stereocenters. The second-order valence-electron chi connectivity index (χ2n) is 4.16. The van der Waals surface area contributed by atoms with Crippen LogP contribution in [0.25, 0.3) is 0 Å². The van der Waals surface area contributed by atoms with Gasteiger partial charge < -0.3 is 4.79 Å². The van der Waals surface area contributed by atoms with Crippen LogP contribution in [0.4, 0.5) is 0 Å². The fourth-order valence-electron chi connectivity index (χ4n) is 2.21. The van der Waals surface area contributed by atoms with Gasteiger partial charge in [-0.15, -0.1) is 0 Å². The molecular formula is C12H14O. The number of hydrogen-bond acceptors (Lipinski definition) is 1. The molecule has 0 aromatic heterocycles. The number of fused-ring (bicyclic) bond motifs is 1. The van der Waals surface area contributed by atoms with E-state index < -0.39 is 0 Å². The summed E-state index contributed by atoms with van der Waals surface area (Å²) in [5, 5.41) is 0. The van der Waals surface area contributed by atoms with Crippen molar-refractivity contribution in [3.05, 3.63) is 35.4 Å². The molecule has 1 heteroatoms. The molecule has 0 heterocycles. The van der Waals surface area contributed by atoms with Crippen LogP contribution < -0.4 is 0 Å². The Morgan fingerprint density at radius 2 is 2.15 bits per heavy atom. The average molecular weight is 174 g/mol. The largest absolute Gasteiger partial charge is 0.302 e. The van der Waals surface area contributed by atoms with Crippen molar-refractivity contribution in [1.29, 1.82) is 0 Å². The molecule has 0 spiro atoms. The molecule has 68 valence electrons. The van der Waals surface area contributed by atoms with Crippen molar-refractivity contribution in [2.24, 2.45) is 5.92 Å². The lowest BCUT2D eigenvalue weighted by molar-refractivity contribution is -0.113. The zero-order chi connectivity index (χ0) is 9.47. The van der Waals surface area contributed by atoms with E-state index in [0.717, 1.165) is 12.7 Å². The molecule has 2 rings (SSSR count). The van der Waals surface area contributed by atoms with E-state index in [9.17, 15) is 4.79 Å². The van der Waals surface area contributed by atoms with Crippen LogP contribution >= 0.6 is 0 Å². The molecule has 1 aliphatic carbocycles. The van der Waals surface area contributed by atoms with Crippen LogP contribution in [-0.2, 0) is 16.6 Å². The molecule has 13 heavy (non-hydrogen) atoms. The predicted octanol–water partition coefficient (Wildman–Crippen LogP) is 2.34. The van der Waals surface area contributed by atoms with E-state index in [2.05, 4.69) is 19.1 Å². The third-order valence-corrected chi connectivity index (χ3v) is 3.39. The van der Waals surface area contributed by atoms with Gasteiger partial charge in [0.1, 0.15) is 6.29 Å². The van der Waals surface area contributed by atoms with Gasteiger partial charge in [0.25, 0.3) is 0 Å². The summed E-state index contributed by atoms with van der Waals surface area (Å²) in [4.78, 5) is 11.1. The summed E-state index contributed by atoms with van der Waals surface area (Å²) < 4.78 is 0. The van der Waals surface area contributed by atoms with Crippen molar-refractivity contribution in [2.45, 2.75) is 25.7 Å². The molecule has 0 amide bonds. The van der Waals surface area contributed by atoms with Crippen LogP contribution in [0.2, 0.25) is 0 Å². The topological polar surface area (TPSA) is 17.1 Å². The summed E-state index contributed by atoms with van der Waals surface area (Å²) in [5.74, 6) is 0.433. The molecule has 1 aliphatic rings. The van der Waals surface area contributed by atoms with Gasteiger partial charge in [-0.05, 0) is 30.4 Å². The fraction of sp³-hybridized carbons (Fsp3) is 0.417. The maximum atomic E-state index is 11.1. The van der Waals surface area contributed by atoms with Crippen LogP contribution in [0.3, 0.4) is 0 Å². The lowest BCUT2D eigenvalue weighted by Crippen LogP contribution is -2.27. The van der Waals surface area contributed by atoms with Gasteiger partial charge in [-0.3, -0.25) is 0 Å². The fourth-order valence-corrected chi connectivity index (χ4v) is 2.21. The Kier molecular flexibility index (Phi) is 1.76. The van der Waals surface area contributed by atoms with Crippen LogP contribution in [0.15, 0.2) is 24.3 Å². The van der Waals surface area contributed by atoms with Crippen molar-refractivity contribution in [1.82, 2.24) is 0 Å². The quantitative estimate of drug-likeness (QED) is 0.597. The molecule has 0 fully saturated rings. The maximum absolute atomic E-state index is 11.1. The first-order valence-electron chi connectivity index (χ1n) is 4.73. The Balaban J connectivity index is 2.58. The maximum Gasteiger partial charge on any atom is 0.130 e. The minimum atomic E-state index is -0.253. The number of rotatable bonds is 1. The molecular weight excluding hydrogens is 160 g/mol. The Morgan fingerprint density at radius 3 is 2.85 bits per heavy atom. The lowest BCUT2D eigenvalue weighted by atomic mass is 9.79. The van der Waals surface area contributed by atoms with Crippen LogP contribution in [0.5, 0.6) is 0 Å². The summed E-state index contributed by atoms with van der Waals surface area (Å²) in [6.07, 6.45) is 2.13. The van der Waals surface area contributed by atoms with Gasteiger partial charge in [-0.2, -0.15) is 0 Å². The third-order valence-electron chi connectivity index (χ3n) is 3.39. The van der Waals surface area contributed by atoms with Crippen molar-refractivity contribution < 1.29 is 4.79 Å². The highest BCUT2D eigenvalue weighted by Crippen LogP contribution is 2.41. The van der Waals surface area contributed by atoms with Gasteiger partial charge in [0.15, 0.2) is 0 Å². The van der Waals surface area contributed by atoms with Crippen molar-refractivity contribution in [3.8, 4) is 0 Å². The van der Waals surface area contributed by atoms with Gasteiger partial charge in [-0.25, -0.2) is 0 Å². The van der Waals surface area contributed by atoms with Crippen molar-refractivity contribution in [3.63, 3.8) is 0 Å². The number of benzene rings is 1. The average Bonchev–Trinajstić information content (AvgIpc) is 2.41. The highest BCUT2D eigenvalue weighted by Gasteiger charge is 2.39. The molecule has 1 nitrogen and oxygen atoms in total. The Morgan fingerprint density at radius 1 is 1.46 bits per heavy atom. The molecule has 2 atom stereocenters. The second-order valence-corrected chi connectivity index (χ2v) is 4.16. The summed E-state index contributed by atoms with van der Waals surface area (Å²) >= 11 is 0. The first-order chi connectivity index (χ1) is 6.18.